The van der Waals surface area contributed by atoms with E-state index in [1.807, 2.05) is 0 Å². The van der Waals surface area contributed by atoms with Gasteiger partial charge in [0.1, 0.15) is 18.0 Å². The molecule has 0 aliphatic heterocycles. The highest BCUT2D eigenvalue weighted by Gasteiger charge is 2.28. The molecule has 2 rings (SSSR count). The largest absolute Gasteiger partial charge is 0.461 e. The van der Waals surface area contributed by atoms with Crippen LogP contribution < -0.4 is 0 Å². The van der Waals surface area contributed by atoms with Gasteiger partial charge in [0.25, 0.3) is 6.43 Å². The van der Waals surface area contributed by atoms with Crippen LogP contribution in [-0.2, 0) is 11.3 Å². The molecule has 0 saturated heterocycles. The minimum absolute atomic E-state index is 0.0620. The van der Waals surface area contributed by atoms with Crippen LogP contribution in [0, 0.1) is 13.8 Å². The molecule has 0 aliphatic carbocycles. The SMILES string of the molecule is CCOC(=O)c1nnn(Cc2nc(C)c(C)o2)c1C(F)F. The standard InChI is InChI=1S/C12H14F2N4O3/c1-4-20-12(19)9-10(11(13)14)18(17-16-9)5-8-15-6(2)7(3)21-8/h11H,4-5H2,1-3H3. The van der Waals surface area contributed by atoms with E-state index in [1.165, 1.54) is 0 Å². The molecule has 2 aromatic rings. The normalized spacial score (nSPS) is 11.1. The Balaban J connectivity index is 2.33. The van der Waals surface area contributed by atoms with Gasteiger partial charge in [0.2, 0.25) is 5.89 Å². The van der Waals surface area contributed by atoms with E-state index >= 15 is 0 Å². The van der Waals surface area contributed by atoms with Crippen molar-refractivity contribution in [2.75, 3.05) is 6.61 Å². The third-order valence-electron chi connectivity index (χ3n) is 2.81. The zero-order valence-corrected chi connectivity index (χ0v) is 11.8. The van der Waals surface area contributed by atoms with E-state index in [-0.39, 0.29) is 19.0 Å². The molecule has 0 N–H and O–H groups in total. The van der Waals surface area contributed by atoms with Gasteiger partial charge < -0.3 is 9.15 Å². The first-order chi connectivity index (χ1) is 9.93. The van der Waals surface area contributed by atoms with Crippen LogP contribution in [0.4, 0.5) is 8.78 Å². The molecule has 0 aliphatic rings. The van der Waals surface area contributed by atoms with Gasteiger partial charge in [-0.1, -0.05) is 5.21 Å². The first-order valence-corrected chi connectivity index (χ1v) is 6.25. The summed E-state index contributed by atoms with van der Waals surface area (Å²) in [6.07, 6.45) is -2.92. The number of aromatic nitrogens is 4. The van der Waals surface area contributed by atoms with Gasteiger partial charge in [-0.25, -0.2) is 23.2 Å². The summed E-state index contributed by atoms with van der Waals surface area (Å²) in [4.78, 5) is 15.7. The lowest BCUT2D eigenvalue weighted by Crippen LogP contribution is -2.12. The summed E-state index contributed by atoms with van der Waals surface area (Å²) in [5.74, 6) is -0.125. The third kappa shape index (κ3) is 3.06. The van der Waals surface area contributed by atoms with Gasteiger partial charge in [0.15, 0.2) is 5.69 Å². The molecule has 0 amide bonds. The topological polar surface area (TPSA) is 83.0 Å². The van der Waals surface area contributed by atoms with Crippen molar-refractivity contribution in [3.8, 4) is 0 Å². The Morgan fingerprint density at radius 2 is 2.14 bits per heavy atom. The minimum atomic E-state index is -2.92. The maximum Gasteiger partial charge on any atom is 0.361 e. The molecule has 0 saturated carbocycles. The molecular weight excluding hydrogens is 286 g/mol. The average molecular weight is 300 g/mol. The van der Waals surface area contributed by atoms with Crippen LogP contribution in [0.3, 0.4) is 0 Å². The zero-order chi connectivity index (χ0) is 15.6. The van der Waals surface area contributed by atoms with Crippen LogP contribution in [0.15, 0.2) is 4.42 Å². The lowest BCUT2D eigenvalue weighted by atomic mass is 10.3. The molecule has 0 atom stereocenters. The van der Waals surface area contributed by atoms with Crippen molar-refractivity contribution in [1.29, 1.82) is 0 Å². The number of hydrogen-bond acceptors (Lipinski definition) is 6. The summed E-state index contributed by atoms with van der Waals surface area (Å²) in [5.41, 5.74) is -0.442. The fourth-order valence-electron chi connectivity index (χ4n) is 1.73. The van der Waals surface area contributed by atoms with Crippen molar-refractivity contribution >= 4 is 5.97 Å². The van der Waals surface area contributed by atoms with Crippen molar-refractivity contribution in [2.45, 2.75) is 33.7 Å². The lowest BCUT2D eigenvalue weighted by Gasteiger charge is -2.05. The van der Waals surface area contributed by atoms with Gasteiger partial charge in [-0.2, -0.15) is 0 Å². The summed E-state index contributed by atoms with van der Waals surface area (Å²) in [5, 5.41) is 7.03. The molecule has 7 nitrogen and oxygen atoms in total. The van der Waals surface area contributed by atoms with Crippen LogP contribution in [0.1, 0.15) is 46.9 Å². The fraction of sp³-hybridized carbons (Fsp3) is 0.500. The molecule has 114 valence electrons. The van der Waals surface area contributed by atoms with Crippen LogP contribution in [0.25, 0.3) is 0 Å². The third-order valence-corrected chi connectivity index (χ3v) is 2.81. The number of carbonyl (C=O) groups is 1. The first kappa shape index (κ1) is 15.1. The number of hydrogen-bond donors (Lipinski definition) is 0. The molecule has 2 aromatic heterocycles. The van der Waals surface area contributed by atoms with Crippen molar-refractivity contribution < 1.29 is 22.7 Å². The fourth-order valence-corrected chi connectivity index (χ4v) is 1.73. The van der Waals surface area contributed by atoms with Crippen LogP contribution in [-0.4, -0.2) is 32.6 Å². The summed E-state index contributed by atoms with van der Waals surface area (Å²) < 4.78 is 37.2. The maximum atomic E-state index is 13.1. The van der Waals surface area contributed by atoms with E-state index in [0.717, 1.165) is 4.68 Å². The van der Waals surface area contributed by atoms with Crippen molar-refractivity contribution in [2.24, 2.45) is 0 Å². The number of ether oxygens (including phenoxy) is 1. The van der Waals surface area contributed by atoms with E-state index < -0.39 is 23.8 Å². The molecule has 0 bridgehead atoms. The van der Waals surface area contributed by atoms with Crippen LogP contribution >= 0.6 is 0 Å². The van der Waals surface area contributed by atoms with Gasteiger partial charge in [0.05, 0.1) is 12.3 Å². The summed E-state index contributed by atoms with van der Waals surface area (Å²) in [6.45, 7) is 4.95. The smallest absolute Gasteiger partial charge is 0.361 e. The Morgan fingerprint density at radius 1 is 1.43 bits per heavy atom. The molecule has 0 radical (unpaired) electrons. The molecular formula is C12H14F2N4O3. The predicted octanol–water partition coefficient (Wildman–Crippen LogP) is 2.05. The minimum Gasteiger partial charge on any atom is -0.461 e. The van der Waals surface area contributed by atoms with E-state index in [9.17, 15) is 13.6 Å². The zero-order valence-electron chi connectivity index (χ0n) is 11.8. The molecule has 0 fully saturated rings. The molecule has 0 spiro atoms. The van der Waals surface area contributed by atoms with Gasteiger partial charge >= 0.3 is 5.97 Å². The van der Waals surface area contributed by atoms with E-state index in [1.54, 1.807) is 20.8 Å². The summed E-state index contributed by atoms with van der Waals surface area (Å²) in [7, 11) is 0. The van der Waals surface area contributed by atoms with Crippen LogP contribution in [0.2, 0.25) is 0 Å². The summed E-state index contributed by atoms with van der Waals surface area (Å²) >= 11 is 0. The van der Waals surface area contributed by atoms with E-state index in [2.05, 4.69) is 20.0 Å². The Kier molecular flexibility index (Phi) is 4.29. The molecule has 9 heteroatoms. The number of esters is 1. The van der Waals surface area contributed by atoms with Gasteiger partial charge in [-0.05, 0) is 20.8 Å². The Labute approximate surface area is 118 Å². The second-order valence-corrected chi connectivity index (χ2v) is 4.25. The van der Waals surface area contributed by atoms with Crippen molar-refractivity contribution in [3.63, 3.8) is 0 Å². The second-order valence-electron chi connectivity index (χ2n) is 4.25. The monoisotopic (exact) mass is 300 g/mol. The van der Waals surface area contributed by atoms with Gasteiger partial charge in [0, 0.05) is 0 Å². The summed E-state index contributed by atoms with van der Waals surface area (Å²) in [6, 6.07) is 0. The number of halogens is 2. The lowest BCUT2D eigenvalue weighted by molar-refractivity contribution is 0.0506. The van der Waals surface area contributed by atoms with Crippen molar-refractivity contribution in [1.82, 2.24) is 20.0 Å². The molecule has 21 heavy (non-hydrogen) atoms. The van der Waals surface area contributed by atoms with Crippen LogP contribution in [0.5, 0.6) is 0 Å². The highest BCUT2D eigenvalue weighted by atomic mass is 19.3. The average Bonchev–Trinajstić information content (AvgIpc) is 2.95. The van der Waals surface area contributed by atoms with Gasteiger partial charge in [-0.15, -0.1) is 5.10 Å². The number of aryl methyl sites for hydroxylation is 2. The highest BCUT2D eigenvalue weighted by molar-refractivity contribution is 5.88. The number of rotatable bonds is 5. The van der Waals surface area contributed by atoms with E-state index in [0.29, 0.717) is 11.5 Å². The Morgan fingerprint density at radius 3 is 2.67 bits per heavy atom. The number of oxazole rings is 1. The number of nitrogens with zero attached hydrogens (tertiary/aromatic N) is 4. The van der Waals surface area contributed by atoms with Gasteiger partial charge in [-0.3, -0.25) is 0 Å². The predicted molar refractivity (Wildman–Crippen MR) is 66.0 cm³/mol. The Bertz CT molecular complexity index is 631. The molecule has 2 heterocycles. The molecule has 0 unspecified atom stereocenters. The molecule has 0 aromatic carbocycles. The first-order valence-electron chi connectivity index (χ1n) is 6.25. The second kappa shape index (κ2) is 5.98. The van der Waals surface area contributed by atoms with Crippen molar-refractivity contribution in [3.05, 3.63) is 28.7 Å². The maximum absolute atomic E-state index is 13.1. The number of alkyl halides is 2. The quantitative estimate of drug-likeness (QED) is 0.786. The number of carbonyl (C=O) groups excluding carboxylic acids is 1. The van der Waals surface area contributed by atoms with E-state index in [4.69, 9.17) is 4.42 Å². The Hall–Kier alpha value is -2.32. The highest BCUT2D eigenvalue weighted by Crippen LogP contribution is 2.23.